The zero-order valence-corrected chi connectivity index (χ0v) is 9.64. The minimum atomic E-state index is -0.474. The highest BCUT2D eigenvalue weighted by Gasteiger charge is 2.07. The number of hydrogen-bond acceptors (Lipinski definition) is 4. The number of nitrogen functional groups attached to an aromatic ring is 1. The molecule has 5 nitrogen and oxygen atoms in total. The molecule has 0 radical (unpaired) electrons. The maximum atomic E-state index is 13.4. The number of halogens is 1. The Morgan fingerprint density at radius 3 is 2.72 bits per heavy atom. The van der Waals surface area contributed by atoms with Crippen molar-refractivity contribution < 1.29 is 9.13 Å². The third-order valence-corrected chi connectivity index (χ3v) is 2.21. The normalized spacial score (nSPS) is 10.1. The molecule has 0 saturated heterocycles. The van der Waals surface area contributed by atoms with Crippen molar-refractivity contribution in [2.75, 3.05) is 0 Å². The second-order valence-electron chi connectivity index (χ2n) is 3.69. The van der Waals surface area contributed by atoms with Crippen molar-refractivity contribution in [3.8, 4) is 11.6 Å². The summed E-state index contributed by atoms with van der Waals surface area (Å²) in [5.41, 5.74) is 6.36. The van der Waals surface area contributed by atoms with Crippen LogP contribution in [-0.2, 0) is 0 Å². The highest BCUT2D eigenvalue weighted by atomic mass is 19.1. The smallest absolute Gasteiger partial charge is 0.238 e. The predicted octanol–water partition coefficient (Wildman–Crippen LogP) is 2.00. The number of amidine groups is 1. The SMILES string of the molecule is Cc1ccc(F)c(Oc2cnc(C(=N)N)cn2)c1. The molecule has 0 fully saturated rings. The number of nitrogens with one attached hydrogen (secondary N) is 1. The molecule has 0 aliphatic rings. The highest BCUT2D eigenvalue weighted by molar-refractivity contribution is 5.92. The van der Waals surface area contributed by atoms with Crippen LogP contribution in [0.2, 0.25) is 0 Å². The van der Waals surface area contributed by atoms with Crippen LogP contribution in [0.4, 0.5) is 4.39 Å². The van der Waals surface area contributed by atoms with Gasteiger partial charge in [0.25, 0.3) is 0 Å². The highest BCUT2D eigenvalue weighted by Crippen LogP contribution is 2.23. The number of nitrogens with zero attached hydrogens (tertiary/aromatic N) is 2. The Bertz CT molecular complexity index is 583. The number of hydrogen-bond donors (Lipinski definition) is 2. The van der Waals surface area contributed by atoms with Crippen molar-refractivity contribution in [3.63, 3.8) is 0 Å². The maximum absolute atomic E-state index is 13.4. The molecule has 1 heterocycles. The van der Waals surface area contributed by atoms with Gasteiger partial charge in [0.05, 0.1) is 12.4 Å². The average Bonchev–Trinajstić information content (AvgIpc) is 2.34. The van der Waals surface area contributed by atoms with Gasteiger partial charge in [-0.3, -0.25) is 5.41 Å². The fraction of sp³-hybridized carbons (Fsp3) is 0.0833. The van der Waals surface area contributed by atoms with Gasteiger partial charge in [-0.2, -0.15) is 0 Å². The first-order valence-corrected chi connectivity index (χ1v) is 5.16. The number of ether oxygens (including phenoxy) is 1. The topological polar surface area (TPSA) is 84.9 Å². The van der Waals surface area contributed by atoms with E-state index in [0.29, 0.717) is 0 Å². The van der Waals surface area contributed by atoms with Gasteiger partial charge in [0.15, 0.2) is 11.6 Å². The number of aromatic nitrogens is 2. The minimum Gasteiger partial charge on any atom is -0.434 e. The van der Waals surface area contributed by atoms with Gasteiger partial charge in [0, 0.05) is 0 Å². The number of aryl methyl sites for hydroxylation is 1. The molecular weight excluding hydrogens is 235 g/mol. The molecule has 0 bridgehead atoms. The summed E-state index contributed by atoms with van der Waals surface area (Å²) in [6.45, 7) is 1.83. The molecule has 0 unspecified atom stereocenters. The average molecular weight is 246 g/mol. The van der Waals surface area contributed by atoms with E-state index in [4.69, 9.17) is 15.9 Å². The molecule has 0 atom stereocenters. The molecule has 1 aromatic heterocycles. The molecule has 18 heavy (non-hydrogen) atoms. The van der Waals surface area contributed by atoms with Crippen LogP contribution in [0.25, 0.3) is 0 Å². The van der Waals surface area contributed by atoms with Crippen molar-refractivity contribution in [2.45, 2.75) is 6.92 Å². The Hall–Kier alpha value is -2.50. The second-order valence-corrected chi connectivity index (χ2v) is 3.69. The summed E-state index contributed by atoms with van der Waals surface area (Å²) in [5, 5.41) is 7.16. The van der Waals surface area contributed by atoms with E-state index >= 15 is 0 Å². The molecule has 0 amide bonds. The van der Waals surface area contributed by atoms with Gasteiger partial charge in [-0.25, -0.2) is 14.4 Å². The van der Waals surface area contributed by atoms with E-state index in [1.807, 2.05) is 6.92 Å². The van der Waals surface area contributed by atoms with Crippen molar-refractivity contribution in [2.24, 2.45) is 5.73 Å². The Morgan fingerprint density at radius 2 is 2.11 bits per heavy atom. The summed E-state index contributed by atoms with van der Waals surface area (Å²) in [6, 6.07) is 4.53. The summed E-state index contributed by atoms with van der Waals surface area (Å²) in [7, 11) is 0. The molecule has 6 heteroatoms. The zero-order valence-electron chi connectivity index (χ0n) is 9.64. The lowest BCUT2D eigenvalue weighted by atomic mass is 10.2. The van der Waals surface area contributed by atoms with Gasteiger partial charge in [-0.05, 0) is 24.6 Å². The van der Waals surface area contributed by atoms with Crippen LogP contribution < -0.4 is 10.5 Å². The molecule has 3 N–H and O–H groups in total. The van der Waals surface area contributed by atoms with Gasteiger partial charge in [0.1, 0.15) is 11.5 Å². The number of nitrogens with two attached hydrogens (primary N) is 1. The van der Waals surface area contributed by atoms with Crippen LogP contribution in [0.1, 0.15) is 11.3 Å². The van der Waals surface area contributed by atoms with Crippen LogP contribution in [0.5, 0.6) is 11.6 Å². The number of benzene rings is 1. The van der Waals surface area contributed by atoms with Gasteiger partial charge < -0.3 is 10.5 Å². The summed E-state index contributed by atoms with van der Waals surface area (Å²) in [4.78, 5) is 7.76. The lowest BCUT2D eigenvalue weighted by Gasteiger charge is -2.06. The van der Waals surface area contributed by atoms with Gasteiger partial charge in [-0.15, -0.1) is 0 Å². The Kier molecular flexibility index (Phi) is 3.18. The maximum Gasteiger partial charge on any atom is 0.238 e. The van der Waals surface area contributed by atoms with Crippen LogP contribution >= 0.6 is 0 Å². The quantitative estimate of drug-likeness (QED) is 0.640. The first-order chi connectivity index (χ1) is 8.56. The van der Waals surface area contributed by atoms with Crippen molar-refractivity contribution in [1.82, 2.24) is 9.97 Å². The molecule has 2 rings (SSSR count). The third kappa shape index (κ3) is 2.60. The minimum absolute atomic E-state index is 0.0832. The van der Waals surface area contributed by atoms with Crippen LogP contribution in [0.15, 0.2) is 30.6 Å². The van der Waals surface area contributed by atoms with Gasteiger partial charge in [0.2, 0.25) is 5.88 Å². The molecule has 2 aromatic rings. The summed E-state index contributed by atoms with van der Waals surface area (Å²) >= 11 is 0. The Morgan fingerprint density at radius 1 is 1.33 bits per heavy atom. The van der Waals surface area contributed by atoms with Crippen LogP contribution in [0.3, 0.4) is 0 Å². The lowest BCUT2D eigenvalue weighted by Crippen LogP contribution is -2.13. The number of rotatable bonds is 3. The van der Waals surface area contributed by atoms with Crippen LogP contribution in [0, 0.1) is 18.2 Å². The first-order valence-electron chi connectivity index (χ1n) is 5.16. The molecule has 1 aromatic carbocycles. The lowest BCUT2D eigenvalue weighted by molar-refractivity contribution is 0.425. The van der Waals surface area contributed by atoms with Crippen molar-refractivity contribution in [1.29, 1.82) is 5.41 Å². The fourth-order valence-corrected chi connectivity index (χ4v) is 1.31. The Labute approximate surface area is 103 Å². The standard InChI is InChI=1S/C12H11FN4O/c1-7-2-3-8(13)10(4-7)18-11-6-16-9(5-17-11)12(14)15/h2-6H,1H3,(H3,14,15). The molecular formula is C12H11FN4O. The third-order valence-electron chi connectivity index (χ3n) is 2.21. The molecule has 0 saturated carbocycles. The fourth-order valence-electron chi connectivity index (χ4n) is 1.31. The van der Waals surface area contributed by atoms with Crippen LogP contribution in [-0.4, -0.2) is 15.8 Å². The van der Waals surface area contributed by atoms with Gasteiger partial charge in [-0.1, -0.05) is 6.07 Å². The Balaban J connectivity index is 2.23. The van der Waals surface area contributed by atoms with E-state index in [2.05, 4.69) is 9.97 Å². The van der Waals surface area contributed by atoms with Gasteiger partial charge >= 0.3 is 0 Å². The van der Waals surface area contributed by atoms with Crippen molar-refractivity contribution >= 4 is 5.84 Å². The summed E-state index contributed by atoms with van der Waals surface area (Å²) in [5.74, 6) is -0.432. The summed E-state index contributed by atoms with van der Waals surface area (Å²) in [6.07, 6.45) is 2.59. The zero-order chi connectivity index (χ0) is 13.1. The van der Waals surface area contributed by atoms with E-state index in [1.54, 1.807) is 12.1 Å². The molecule has 92 valence electrons. The molecule has 0 spiro atoms. The van der Waals surface area contributed by atoms with E-state index in [1.165, 1.54) is 18.5 Å². The van der Waals surface area contributed by atoms with E-state index in [0.717, 1.165) is 5.56 Å². The largest absolute Gasteiger partial charge is 0.434 e. The first kappa shape index (κ1) is 12.0. The molecule has 0 aliphatic heterocycles. The molecule has 0 aliphatic carbocycles. The second kappa shape index (κ2) is 4.79. The monoisotopic (exact) mass is 246 g/mol. The van der Waals surface area contributed by atoms with E-state index in [9.17, 15) is 4.39 Å². The van der Waals surface area contributed by atoms with E-state index < -0.39 is 5.82 Å². The summed E-state index contributed by atoms with van der Waals surface area (Å²) < 4.78 is 18.7. The predicted molar refractivity (Wildman–Crippen MR) is 64.3 cm³/mol. The van der Waals surface area contributed by atoms with E-state index in [-0.39, 0.29) is 23.2 Å². The van der Waals surface area contributed by atoms with Crippen molar-refractivity contribution in [3.05, 3.63) is 47.7 Å².